The molecule has 3 nitrogen and oxygen atoms in total. The van der Waals surface area contributed by atoms with E-state index in [1.807, 2.05) is 0 Å². The van der Waals surface area contributed by atoms with Crippen molar-refractivity contribution in [1.29, 1.82) is 0 Å². The van der Waals surface area contributed by atoms with Crippen LogP contribution in [0.3, 0.4) is 0 Å². The molecule has 0 unspecified atom stereocenters. The lowest BCUT2D eigenvalue weighted by Crippen LogP contribution is -1.89. The third-order valence-electron chi connectivity index (χ3n) is 2.01. The minimum atomic E-state index is -0.556. The van der Waals surface area contributed by atoms with Crippen LogP contribution in [0.5, 0.6) is 5.75 Å². The molecule has 0 radical (unpaired) electrons. The molecule has 1 heterocycles. The summed E-state index contributed by atoms with van der Waals surface area (Å²) in [4.78, 5) is 3.81. The zero-order valence-corrected chi connectivity index (χ0v) is 7.81. The van der Waals surface area contributed by atoms with Gasteiger partial charge in [0.25, 0.3) is 0 Å². The quantitative estimate of drug-likeness (QED) is 0.700. The molecule has 3 N–H and O–H groups in total. The molecule has 15 heavy (non-hydrogen) atoms. The van der Waals surface area contributed by atoms with E-state index >= 15 is 0 Å². The SMILES string of the molecule is Nc1ccc(-c2ncc(O)cc2F)cc1. The Bertz CT molecular complexity index is 482. The summed E-state index contributed by atoms with van der Waals surface area (Å²) in [6.07, 6.45) is 1.20. The van der Waals surface area contributed by atoms with Crippen LogP contribution >= 0.6 is 0 Å². The first-order valence-electron chi connectivity index (χ1n) is 4.37. The van der Waals surface area contributed by atoms with Crippen LogP contribution in [0, 0.1) is 5.82 Å². The molecule has 76 valence electrons. The van der Waals surface area contributed by atoms with Gasteiger partial charge in [0, 0.05) is 17.3 Å². The van der Waals surface area contributed by atoms with E-state index in [1.165, 1.54) is 6.20 Å². The van der Waals surface area contributed by atoms with E-state index in [1.54, 1.807) is 24.3 Å². The first kappa shape index (κ1) is 9.45. The molecule has 1 aromatic heterocycles. The number of rotatable bonds is 1. The third kappa shape index (κ3) is 1.88. The number of nitrogen functional groups attached to an aromatic ring is 1. The average molecular weight is 204 g/mol. The predicted octanol–water partition coefficient (Wildman–Crippen LogP) is 2.18. The number of aromatic hydroxyl groups is 1. The topological polar surface area (TPSA) is 59.1 Å². The van der Waals surface area contributed by atoms with Crippen LogP contribution in [-0.4, -0.2) is 10.1 Å². The first-order chi connectivity index (χ1) is 7.16. The summed E-state index contributed by atoms with van der Waals surface area (Å²) in [6, 6.07) is 7.72. The number of halogens is 1. The van der Waals surface area contributed by atoms with Crippen molar-refractivity contribution in [3.05, 3.63) is 42.3 Å². The Kier molecular flexibility index (Phi) is 2.25. The fourth-order valence-electron chi connectivity index (χ4n) is 1.28. The second-order valence-corrected chi connectivity index (χ2v) is 3.15. The molecule has 0 aliphatic carbocycles. The van der Waals surface area contributed by atoms with Crippen LogP contribution < -0.4 is 5.73 Å². The van der Waals surface area contributed by atoms with E-state index < -0.39 is 5.82 Å². The highest BCUT2D eigenvalue weighted by molar-refractivity contribution is 5.62. The van der Waals surface area contributed by atoms with Crippen LogP contribution in [0.15, 0.2) is 36.5 Å². The summed E-state index contributed by atoms with van der Waals surface area (Å²) in [5.41, 5.74) is 6.95. The van der Waals surface area contributed by atoms with Crippen LogP contribution in [0.1, 0.15) is 0 Å². The highest BCUT2D eigenvalue weighted by Crippen LogP contribution is 2.23. The van der Waals surface area contributed by atoms with Crippen LogP contribution in [0.4, 0.5) is 10.1 Å². The van der Waals surface area contributed by atoms with Gasteiger partial charge in [-0.3, -0.25) is 0 Å². The van der Waals surface area contributed by atoms with Gasteiger partial charge in [0.2, 0.25) is 0 Å². The smallest absolute Gasteiger partial charge is 0.153 e. The van der Waals surface area contributed by atoms with Crippen molar-refractivity contribution < 1.29 is 9.50 Å². The molecule has 2 rings (SSSR count). The number of anilines is 1. The van der Waals surface area contributed by atoms with E-state index in [0.717, 1.165) is 6.07 Å². The average Bonchev–Trinajstić information content (AvgIpc) is 2.20. The molecule has 1 aromatic carbocycles. The Morgan fingerprint density at radius 2 is 1.87 bits per heavy atom. The van der Waals surface area contributed by atoms with Gasteiger partial charge in [-0.25, -0.2) is 9.37 Å². The number of nitrogens with two attached hydrogens (primary N) is 1. The fourth-order valence-corrected chi connectivity index (χ4v) is 1.28. The maximum Gasteiger partial charge on any atom is 0.153 e. The predicted molar refractivity (Wildman–Crippen MR) is 55.7 cm³/mol. The van der Waals surface area contributed by atoms with Crippen molar-refractivity contribution in [3.8, 4) is 17.0 Å². The van der Waals surface area contributed by atoms with E-state index in [0.29, 0.717) is 11.3 Å². The maximum atomic E-state index is 13.4. The molecule has 0 aliphatic rings. The molecule has 0 aliphatic heterocycles. The Balaban J connectivity index is 2.49. The molecule has 0 spiro atoms. The minimum absolute atomic E-state index is 0.188. The minimum Gasteiger partial charge on any atom is -0.506 e. The van der Waals surface area contributed by atoms with Gasteiger partial charge in [-0.1, -0.05) is 12.1 Å². The van der Waals surface area contributed by atoms with Crippen molar-refractivity contribution in [2.45, 2.75) is 0 Å². The highest BCUT2D eigenvalue weighted by atomic mass is 19.1. The molecule has 4 heteroatoms. The molecule has 2 aromatic rings. The lowest BCUT2D eigenvalue weighted by molar-refractivity contribution is 0.466. The fraction of sp³-hybridized carbons (Fsp3) is 0. The lowest BCUT2D eigenvalue weighted by Gasteiger charge is -2.03. The molecular weight excluding hydrogens is 195 g/mol. The normalized spacial score (nSPS) is 10.2. The van der Waals surface area contributed by atoms with Gasteiger partial charge in [-0.15, -0.1) is 0 Å². The Labute approximate surface area is 86.0 Å². The summed E-state index contributed by atoms with van der Waals surface area (Å²) >= 11 is 0. The van der Waals surface area contributed by atoms with Gasteiger partial charge in [0.05, 0.1) is 6.20 Å². The van der Waals surface area contributed by atoms with Crippen LogP contribution in [0.2, 0.25) is 0 Å². The number of nitrogens with zero attached hydrogens (tertiary/aromatic N) is 1. The Hall–Kier alpha value is -2.10. The molecule has 0 fully saturated rings. The van der Waals surface area contributed by atoms with Crippen LogP contribution in [-0.2, 0) is 0 Å². The molecule has 0 bridgehead atoms. The van der Waals surface area contributed by atoms with Gasteiger partial charge in [-0.05, 0) is 12.1 Å². The summed E-state index contributed by atoms with van der Waals surface area (Å²) in [6.45, 7) is 0. The summed E-state index contributed by atoms with van der Waals surface area (Å²) < 4.78 is 13.4. The van der Waals surface area contributed by atoms with Gasteiger partial charge in [-0.2, -0.15) is 0 Å². The zero-order chi connectivity index (χ0) is 10.8. The molecular formula is C11H9FN2O. The number of benzene rings is 1. The maximum absolute atomic E-state index is 13.4. The number of hydrogen-bond acceptors (Lipinski definition) is 3. The number of aromatic nitrogens is 1. The second kappa shape index (κ2) is 3.57. The summed E-state index contributed by atoms with van der Waals surface area (Å²) in [7, 11) is 0. The standard InChI is InChI=1S/C11H9FN2O/c12-10-5-9(15)6-14-11(10)7-1-3-8(13)4-2-7/h1-6,15H,13H2. The highest BCUT2D eigenvalue weighted by Gasteiger charge is 2.06. The van der Waals surface area contributed by atoms with Gasteiger partial charge in [0.15, 0.2) is 5.82 Å². The van der Waals surface area contributed by atoms with Crippen molar-refractivity contribution >= 4 is 5.69 Å². The monoisotopic (exact) mass is 204 g/mol. The van der Waals surface area contributed by atoms with Crippen molar-refractivity contribution in [1.82, 2.24) is 4.98 Å². The number of hydrogen-bond donors (Lipinski definition) is 2. The zero-order valence-electron chi connectivity index (χ0n) is 7.81. The summed E-state index contributed by atoms with van der Waals surface area (Å²) in [5, 5.41) is 9.01. The van der Waals surface area contributed by atoms with Gasteiger partial charge in [0.1, 0.15) is 11.4 Å². The first-order valence-corrected chi connectivity index (χ1v) is 4.37. The molecule has 0 atom stereocenters. The number of pyridine rings is 1. The van der Waals surface area contributed by atoms with Crippen molar-refractivity contribution in [2.24, 2.45) is 0 Å². The Morgan fingerprint density at radius 1 is 1.20 bits per heavy atom. The lowest BCUT2D eigenvalue weighted by atomic mass is 10.1. The van der Waals surface area contributed by atoms with Crippen molar-refractivity contribution in [2.75, 3.05) is 5.73 Å². The van der Waals surface area contributed by atoms with Crippen molar-refractivity contribution in [3.63, 3.8) is 0 Å². The van der Waals surface area contributed by atoms with Gasteiger partial charge < -0.3 is 10.8 Å². The molecule has 0 amide bonds. The Morgan fingerprint density at radius 3 is 2.47 bits per heavy atom. The second-order valence-electron chi connectivity index (χ2n) is 3.15. The third-order valence-corrected chi connectivity index (χ3v) is 2.01. The largest absolute Gasteiger partial charge is 0.506 e. The van der Waals surface area contributed by atoms with Gasteiger partial charge >= 0.3 is 0 Å². The summed E-state index contributed by atoms with van der Waals surface area (Å²) in [5.74, 6) is -0.744. The van der Waals surface area contributed by atoms with E-state index in [-0.39, 0.29) is 11.4 Å². The molecule has 0 saturated heterocycles. The van der Waals surface area contributed by atoms with E-state index in [4.69, 9.17) is 10.8 Å². The van der Waals surface area contributed by atoms with Crippen LogP contribution in [0.25, 0.3) is 11.3 Å². The van der Waals surface area contributed by atoms with E-state index in [9.17, 15) is 4.39 Å². The van der Waals surface area contributed by atoms with E-state index in [2.05, 4.69) is 4.98 Å². The molecule has 0 saturated carbocycles.